The Kier molecular flexibility index (Phi) is 5.04. The minimum absolute atomic E-state index is 0.0914. The van der Waals surface area contributed by atoms with Crippen LogP contribution >= 0.6 is 0 Å². The Balaban J connectivity index is 2.00. The fraction of sp³-hybridized carbons (Fsp3) is 0.750. The maximum absolute atomic E-state index is 12.3. The first-order valence-electron chi connectivity index (χ1n) is 7.89. The molecule has 2 N–H and O–H groups in total. The van der Waals surface area contributed by atoms with E-state index in [-0.39, 0.29) is 18.4 Å². The lowest BCUT2D eigenvalue weighted by Gasteiger charge is -2.32. The van der Waals surface area contributed by atoms with Gasteiger partial charge in [-0.05, 0) is 33.1 Å². The van der Waals surface area contributed by atoms with Crippen LogP contribution in [-0.4, -0.2) is 21.8 Å². The van der Waals surface area contributed by atoms with Gasteiger partial charge < -0.3 is 14.9 Å². The second kappa shape index (κ2) is 6.60. The summed E-state index contributed by atoms with van der Waals surface area (Å²) >= 11 is 0. The third-order valence-corrected chi connectivity index (χ3v) is 4.45. The standard InChI is InChI=1S/C16H26N2O3/c1-4-13(15-11(2)18-21-12(15)3)17-14(19)10-16(20)8-6-5-7-9-16/h13,20H,4-10H2,1-3H3,(H,17,19). The molecule has 1 unspecified atom stereocenters. The van der Waals surface area contributed by atoms with Crippen LogP contribution in [0.3, 0.4) is 0 Å². The number of amides is 1. The summed E-state index contributed by atoms with van der Waals surface area (Å²) in [7, 11) is 0. The molecule has 1 amide bonds. The Morgan fingerprint density at radius 3 is 2.57 bits per heavy atom. The topological polar surface area (TPSA) is 75.4 Å². The molecule has 2 rings (SSSR count). The van der Waals surface area contributed by atoms with Gasteiger partial charge in [0, 0.05) is 5.56 Å². The van der Waals surface area contributed by atoms with Gasteiger partial charge in [-0.2, -0.15) is 0 Å². The van der Waals surface area contributed by atoms with Crippen molar-refractivity contribution < 1.29 is 14.4 Å². The molecule has 0 saturated heterocycles. The van der Waals surface area contributed by atoms with E-state index >= 15 is 0 Å². The van der Waals surface area contributed by atoms with Gasteiger partial charge in [0.15, 0.2) is 0 Å². The molecule has 1 aliphatic carbocycles. The van der Waals surface area contributed by atoms with E-state index in [1.165, 1.54) is 0 Å². The quantitative estimate of drug-likeness (QED) is 0.875. The van der Waals surface area contributed by atoms with Crippen LogP contribution in [0.2, 0.25) is 0 Å². The Hall–Kier alpha value is -1.36. The van der Waals surface area contributed by atoms with E-state index in [1.807, 2.05) is 20.8 Å². The summed E-state index contributed by atoms with van der Waals surface area (Å²) < 4.78 is 5.18. The Morgan fingerprint density at radius 2 is 2.05 bits per heavy atom. The number of nitrogens with one attached hydrogen (secondary N) is 1. The second-order valence-electron chi connectivity index (χ2n) is 6.23. The number of hydrogen-bond acceptors (Lipinski definition) is 4. The summed E-state index contributed by atoms with van der Waals surface area (Å²) in [4.78, 5) is 12.3. The normalized spacial score (nSPS) is 19.2. The molecule has 1 aromatic heterocycles. The highest BCUT2D eigenvalue weighted by Gasteiger charge is 2.32. The minimum Gasteiger partial charge on any atom is -0.389 e. The predicted octanol–water partition coefficient (Wildman–Crippen LogP) is 2.94. The van der Waals surface area contributed by atoms with Crippen LogP contribution in [-0.2, 0) is 4.79 Å². The molecule has 0 aliphatic heterocycles. The fourth-order valence-corrected chi connectivity index (χ4v) is 3.30. The van der Waals surface area contributed by atoms with Gasteiger partial charge in [-0.3, -0.25) is 4.79 Å². The van der Waals surface area contributed by atoms with Crippen molar-refractivity contribution in [3.05, 3.63) is 17.0 Å². The molecule has 0 aromatic carbocycles. The van der Waals surface area contributed by atoms with Crippen LogP contribution in [0.25, 0.3) is 0 Å². The zero-order valence-corrected chi connectivity index (χ0v) is 13.2. The van der Waals surface area contributed by atoms with E-state index in [1.54, 1.807) is 0 Å². The monoisotopic (exact) mass is 294 g/mol. The van der Waals surface area contributed by atoms with Crippen LogP contribution in [0.15, 0.2) is 4.52 Å². The molecule has 1 saturated carbocycles. The number of carbonyl (C=O) groups is 1. The number of carbonyl (C=O) groups excluding carboxylic acids is 1. The maximum Gasteiger partial charge on any atom is 0.223 e. The van der Waals surface area contributed by atoms with E-state index in [2.05, 4.69) is 10.5 Å². The van der Waals surface area contributed by atoms with Crippen molar-refractivity contribution in [2.45, 2.75) is 77.4 Å². The number of rotatable bonds is 5. The molecule has 1 atom stereocenters. The number of aliphatic hydroxyl groups is 1. The smallest absolute Gasteiger partial charge is 0.223 e. The van der Waals surface area contributed by atoms with Crippen LogP contribution in [0.4, 0.5) is 0 Å². The SMILES string of the molecule is CCC(NC(=O)CC1(O)CCCCC1)c1c(C)noc1C. The molecule has 1 aliphatic rings. The van der Waals surface area contributed by atoms with Crippen molar-refractivity contribution in [1.29, 1.82) is 0 Å². The van der Waals surface area contributed by atoms with Gasteiger partial charge in [-0.15, -0.1) is 0 Å². The van der Waals surface area contributed by atoms with Crippen LogP contribution in [0.1, 0.15) is 74.9 Å². The lowest BCUT2D eigenvalue weighted by atomic mass is 9.82. The van der Waals surface area contributed by atoms with Gasteiger partial charge in [-0.25, -0.2) is 0 Å². The van der Waals surface area contributed by atoms with Gasteiger partial charge in [0.05, 0.1) is 23.8 Å². The van der Waals surface area contributed by atoms with Crippen LogP contribution in [0.5, 0.6) is 0 Å². The van der Waals surface area contributed by atoms with Gasteiger partial charge >= 0.3 is 0 Å². The van der Waals surface area contributed by atoms with Gasteiger partial charge in [0.25, 0.3) is 0 Å². The largest absolute Gasteiger partial charge is 0.389 e. The molecule has 0 bridgehead atoms. The first kappa shape index (κ1) is 16.0. The van der Waals surface area contributed by atoms with Crippen molar-refractivity contribution in [2.75, 3.05) is 0 Å². The Bertz CT molecular complexity index is 470. The van der Waals surface area contributed by atoms with E-state index in [4.69, 9.17) is 4.52 Å². The van der Waals surface area contributed by atoms with Crippen molar-refractivity contribution in [2.24, 2.45) is 0 Å². The summed E-state index contributed by atoms with van der Waals surface area (Å²) in [6, 6.07) is -0.101. The molecule has 118 valence electrons. The lowest BCUT2D eigenvalue weighted by Crippen LogP contribution is -2.39. The number of nitrogens with zero attached hydrogens (tertiary/aromatic N) is 1. The van der Waals surface area contributed by atoms with Crippen LogP contribution < -0.4 is 5.32 Å². The maximum atomic E-state index is 12.3. The first-order chi connectivity index (χ1) is 9.95. The van der Waals surface area contributed by atoms with Gasteiger partial charge in [0.1, 0.15) is 5.76 Å². The summed E-state index contributed by atoms with van der Waals surface area (Å²) in [5.74, 6) is 0.655. The van der Waals surface area contributed by atoms with Crippen molar-refractivity contribution >= 4 is 5.91 Å². The Labute approximate surface area is 126 Å². The number of aromatic nitrogens is 1. The molecule has 5 nitrogen and oxygen atoms in total. The summed E-state index contributed by atoms with van der Waals surface area (Å²) in [6.45, 7) is 5.76. The first-order valence-corrected chi connectivity index (χ1v) is 7.89. The van der Waals surface area contributed by atoms with Crippen LogP contribution in [0, 0.1) is 13.8 Å². The summed E-state index contributed by atoms with van der Waals surface area (Å²) in [5.41, 5.74) is 0.955. The molecule has 1 aromatic rings. The van der Waals surface area contributed by atoms with Crippen molar-refractivity contribution in [3.8, 4) is 0 Å². The average Bonchev–Trinajstić information content (AvgIpc) is 2.76. The highest BCUT2D eigenvalue weighted by molar-refractivity contribution is 5.77. The average molecular weight is 294 g/mol. The summed E-state index contributed by atoms with van der Waals surface area (Å²) in [5, 5.41) is 17.4. The van der Waals surface area contributed by atoms with E-state index in [9.17, 15) is 9.90 Å². The lowest BCUT2D eigenvalue weighted by molar-refractivity contribution is -0.128. The molecule has 21 heavy (non-hydrogen) atoms. The second-order valence-corrected chi connectivity index (χ2v) is 6.23. The number of hydrogen-bond donors (Lipinski definition) is 2. The van der Waals surface area contributed by atoms with E-state index in [0.29, 0.717) is 0 Å². The molecule has 1 heterocycles. The molecule has 0 spiro atoms. The third kappa shape index (κ3) is 3.84. The molecular weight excluding hydrogens is 268 g/mol. The highest BCUT2D eigenvalue weighted by atomic mass is 16.5. The van der Waals surface area contributed by atoms with E-state index < -0.39 is 5.60 Å². The van der Waals surface area contributed by atoms with E-state index in [0.717, 1.165) is 55.5 Å². The third-order valence-electron chi connectivity index (χ3n) is 4.45. The highest BCUT2D eigenvalue weighted by Crippen LogP contribution is 2.31. The van der Waals surface area contributed by atoms with Crippen molar-refractivity contribution in [3.63, 3.8) is 0 Å². The molecule has 1 fully saturated rings. The minimum atomic E-state index is -0.820. The molecule has 5 heteroatoms. The predicted molar refractivity (Wildman–Crippen MR) is 79.8 cm³/mol. The number of aryl methyl sites for hydroxylation is 2. The molecular formula is C16H26N2O3. The Morgan fingerprint density at radius 1 is 1.38 bits per heavy atom. The van der Waals surface area contributed by atoms with Gasteiger partial charge in [-0.1, -0.05) is 31.3 Å². The summed E-state index contributed by atoms with van der Waals surface area (Å²) in [6.07, 6.45) is 5.57. The fourth-order valence-electron chi connectivity index (χ4n) is 3.30. The van der Waals surface area contributed by atoms with Crippen molar-refractivity contribution in [1.82, 2.24) is 10.5 Å². The zero-order valence-electron chi connectivity index (χ0n) is 13.2. The van der Waals surface area contributed by atoms with Gasteiger partial charge in [0.2, 0.25) is 5.91 Å². The molecule has 0 radical (unpaired) electrons. The zero-order chi connectivity index (χ0) is 15.5.